The van der Waals surface area contributed by atoms with Crippen LogP contribution in [-0.2, 0) is 33.5 Å². The summed E-state index contributed by atoms with van der Waals surface area (Å²) >= 11 is 7.80. The number of aromatic nitrogens is 6. The Morgan fingerprint density at radius 1 is 1.14 bits per heavy atom. The molecule has 5 rings (SSSR count). The third-order valence-corrected chi connectivity index (χ3v) is 6.71. The lowest BCUT2D eigenvalue weighted by molar-refractivity contribution is 0.698. The number of H-pyrrole nitrogens is 1. The van der Waals surface area contributed by atoms with Crippen molar-refractivity contribution in [3.05, 3.63) is 52.7 Å². The van der Waals surface area contributed by atoms with Crippen molar-refractivity contribution >= 4 is 44.3 Å². The van der Waals surface area contributed by atoms with E-state index in [1.807, 2.05) is 0 Å². The number of hydrogen-bond acceptors (Lipinski definition) is 6. The molecule has 0 saturated carbocycles. The standard InChI is InChI=1S/C17H15ClN6O3S/c1-22-12-11(15(26)23(2)17(22)27)24(16(18)21-12)6-9-19-13(25)10-7-4-3-5-8(7)28-14(10)20-9/h3-6H2,1-2H3,(H,19,20,25). The van der Waals surface area contributed by atoms with Crippen LogP contribution in [0.2, 0.25) is 5.28 Å². The van der Waals surface area contributed by atoms with Gasteiger partial charge in [-0.05, 0) is 36.4 Å². The number of fused-ring (bicyclic) bond motifs is 4. The monoisotopic (exact) mass is 418 g/mol. The minimum Gasteiger partial charge on any atom is -0.308 e. The van der Waals surface area contributed by atoms with Gasteiger partial charge in [-0.3, -0.25) is 18.7 Å². The van der Waals surface area contributed by atoms with E-state index in [-0.39, 0.29) is 28.6 Å². The Labute approximate surface area is 165 Å². The molecule has 0 atom stereocenters. The van der Waals surface area contributed by atoms with Gasteiger partial charge in [0, 0.05) is 19.0 Å². The number of aryl methyl sites for hydroxylation is 3. The van der Waals surface area contributed by atoms with Gasteiger partial charge in [-0.1, -0.05) is 0 Å². The van der Waals surface area contributed by atoms with Crippen LogP contribution in [0.4, 0.5) is 0 Å². The highest BCUT2D eigenvalue weighted by Crippen LogP contribution is 2.34. The molecule has 0 saturated heterocycles. The van der Waals surface area contributed by atoms with Gasteiger partial charge in [0.05, 0.1) is 11.9 Å². The van der Waals surface area contributed by atoms with Crippen molar-refractivity contribution in [2.75, 3.05) is 0 Å². The zero-order valence-corrected chi connectivity index (χ0v) is 16.6. The van der Waals surface area contributed by atoms with Crippen LogP contribution in [0.5, 0.6) is 0 Å². The summed E-state index contributed by atoms with van der Waals surface area (Å²) in [6.45, 7) is 0.0660. The first-order valence-electron chi connectivity index (χ1n) is 8.72. The normalized spacial score (nSPS) is 13.7. The molecule has 0 amide bonds. The van der Waals surface area contributed by atoms with E-state index in [9.17, 15) is 14.4 Å². The number of thiophene rings is 1. The summed E-state index contributed by atoms with van der Waals surface area (Å²) in [4.78, 5) is 50.9. The fraction of sp³-hybridized carbons (Fsp3) is 0.353. The Hall–Kier alpha value is -2.72. The molecule has 4 aromatic heterocycles. The number of nitrogens with zero attached hydrogens (tertiary/aromatic N) is 5. The van der Waals surface area contributed by atoms with E-state index in [0.717, 1.165) is 29.4 Å². The van der Waals surface area contributed by atoms with Crippen LogP contribution in [0.1, 0.15) is 22.7 Å². The van der Waals surface area contributed by atoms with E-state index in [1.54, 1.807) is 11.3 Å². The molecule has 0 fully saturated rings. The highest BCUT2D eigenvalue weighted by Gasteiger charge is 2.22. The van der Waals surface area contributed by atoms with Crippen molar-refractivity contribution in [2.24, 2.45) is 14.1 Å². The Morgan fingerprint density at radius 2 is 1.93 bits per heavy atom. The summed E-state index contributed by atoms with van der Waals surface area (Å²) in [6.07, 6.45) is 2.95. The van der Waals surface area contributed by atoms with Gasteiger partial charge >= 0.3 is 5.69 Å². The number of aromatic amines is 1. The molecule has 144 valence electrons. The van der Waals surface area contributed by atoms with Crippen LogP contribution in [0, 0.1) is 0 Å². The average Bonchev–Trinajstić information content (AvgIpc) is 3.32. The van der Waals surface area contributed by atoms with Crippen molar-refractivity contribution in [3.63, 3.8) is 0 Å². The van der Waals surface area contributed by atoms with Crippen molar-refractivity contribution < 1.29 is 0 Å². The second kappa shape index (κ2) is 5.89. The molecule has 0 aromatic carbocycles. The Balaban J connectivity index is 1.71. The van der Waals surface area contributed by atoms with Crippen LogP contribution in [0.3, 0.4) is 0 Å². The summed E-state index contributed by atoms with van der Waals surface area (Å²) in [5, 5.41) is 0.714. The van der Waals surface area contributed by atoms with Gasteiger partial charge in [0.2, 0.25) is 5.28 Å². The van der Waals surface area contributed by atoms with E-state index in [1.165, 1.54) is 28.1 Å². The summed E-state index contributed by atoms with van der Waals surface area (Å²) in [7, 11) is 2.92. The van der Waals surface area contributed by atoms with Crippen LogP contribution in [-0.4, -0.2) is 28.7 Å². The van der Waals surface area contributed by atoms with Gasteiger partial charge in [0.1, 0.15) is 10.7 Å². The van der Waals surface area contributed by atoms with Crippen molar-refractivity contribution in [1.82, 2.24) is 28.7 Å². The number of rotatable bonds is 2. The number of imidazole rings is 1. The third-order valence-electron chi connectivity index (χ3n) is 5.23. The Kier molecular flexibility index (Phi) is 3.65. The molecule has 0 unspecified atom stereocenters. The van der Waals surface area contributed by atoms with E-state index in [2.05, 4.69) is 15.0 Å². The minimum atomic E-state index is -0.504. The van der Waals surface area contributed by atoms with Gasteiger partial charge in [0.25, 0.3) is 11.1 Å². The van der Waals surface area contributed by atoms with E-state index >= 15 is 0 Å². The van der Waals surface area contributed by atoms with Crippen LogP contribution >= 0.6 is 22.9 Å². The maximum Gasteiger partial charge on any atom is 0.332 e. The molecular weight excluding hydrogens is 404 g/mol. The lowest BCUT2D eigenvalue weighted by atomic mass is 10.2. The molecule has 0 radical (unpaired) electrons. The van der Waals surface area contributed by atoms with Crippen LogP contribution in [0.15, 0.2) is 14.4 Å². The predicted molar refractivity (Wildman–Crippen MR) is 107 cm³/mol. The van der Waals surface area contributed by atoms with Gasteiger partial charge in [-0.2, -0.15) is 4.98 Å². The smallest absolute Gasteiger partial charge is 0.308 e. The maximum atomic E-state index is 12.7. The van der Waals surface area contributed by atoms with E-state index in [0.29, 0.717) is 16.0 Å². The lowest BCUT2D eigenvalue weighted by Gasteiger charge is -2.07. The first kappa shape index (κ1) is 17.4. The summed E-state index contributed by atoms with van der Waals surface area (Å²) in [5.74, 6) is 0.384. The molecule has 1 aliphatic rings. The van der Waals surface area contributed by atoms with Gasteiger partial charge in [-0.15, -0.1) is 11.3 Å². The minimum absolute atomic E-state index is 0.0460. The predicted octanol–water partition coefficient (Wildman–Crippen LogP) is 0.922. The first-order chi connectivity index (χ1) is 13.4. The molecule has 0 spiro atoms. The quantitative estimate of drug-likeness (QED) is 0.487. The zero-order chi connectivity index (χ0) is 19.7. The number of halogens is 1. The van der Waals surface area contributed by atoms with E-state index in [4.69, 9.17) is 11.6 Å². The first-order valence-corrected chi connectivity index (χ1v) is 9.91. The molecule has 0 bridgehead atoms. The number of nitrogens with one attached hydrogen (secondary N) is 1. The summed E-state index contributed by atoms with van der Waals surface area (Å²) in [5.41, 5.74) is 0.314. The summed E-state index contributed by atoms with van der Waals surface area (Å²) in [6, 6.07) is 0. The van der Waals surface area contributed by atoms with Crippen molar-refractivity contribution in [1.29, 1.82) is 0 Å². The number of hydrogen-bond donors (Lipinski definition) is 1. The SMILES string of the molecule is Cn1c(=O)c2c(nc(Cl)n2Cc2nc3sc4c(c3c(=O)[nH]2)CCC4)n(C)c1=O. The molecule has 4 heterocycles. The van der Waals surface area contributed by atoms with Gasteiger partial charge < -0.3 is 9.55 Å². The second-order valence-corrected chi connectivity index (χ2v) is 8.32. The third kappa shape index (κ3) is 2.27. The summed E-state index contributed by atoms with van der Waals surface area (Å²) < 4.78 is 3.73. The van der Waals surface area contributed by atoms with Crippen LogP contribution < -0.4 is 16.8 Å². The largest absolute Gasteiger partial charge is 0.332 e. The average molecular weight is 419 g/mol. The second-order valence-electron chi connectivity index (χ2n) is 6.90. The van der Waals surface area contributed by atoms with Crippen LogP contribution in [0.25, 0.3) is 21.4 Å². The van der Waals surface area contributed by atoms with Crippen molar-refractivity contribution in [2.45, 2.75) is 25.8 Å². The zero-order valence-electron chi connectivity index (χ0n) is 15.1. The van der Waals surface area contributed by atoms with Gasteiger partial charge in [-0.25, -0.2) is 9.78 Å². The molecular formula is C17H15ClN6O3S. The molecule has 28 heavy (non-hydrogen) atoms. The Morgan fingerprint density at radius 3 is 2.71 bits per heavy atom. The van der Waals surface area contributed by atoms with Crippen molar-refractivity contribution in [3.8, 4) is 0 Å². The molecule has 4 aromatic rings. The fourth-order valence-corrected chi connectivity index (χ4v) is 5.34. The molecule has 9 nitrogen and oxygen atoms in total. The lowest BCUT2D eigenvalue weighted by Crippen LogP contribution is -2.37. The molecule has 0 aliphatic heterocycles. The van der Waals surface area contributed by atoms with Gasteiger partial charge in [0.15, 0.2) is 11.2 Å². The topological polar surface area (TPSA) is 108 Å². The van der Waals surface area contributed by atoms with E-state index < -0.39 is 11.2 Å². The molecule has 1 aliphatic carbocycles. The highest BCUT2D eigenvalue weighted by atomic mass is 35.5. The molecule has 1 N–H and O–H groups in total. The highest BCUT2D eigenvalue weighted by molar-refractivity contribution is 7.18. The maximum absolute atomic E-state index is 12.7. The molecule has 11 heteroatoms. The fourth-order valence-electron chi connectivity index (χ4n) is 3.84. The Bertz CT molecular complexity index is 1470.